The number of rotatable bonds is 20. The Morgan fingerprint density at radius 1 is 0.821 bits per heavy atom. The molecule has 0 saturated heterocycles. The Hall–Kier alpha value is -0.230. The van der Waals surface area contributed by atoms with Gasteiger partial charge in [0.05, 0.1) is 6.61 Å². The van der Waals surface area contributed by atoms with Gasteiger partial charge >= 0.3 is 7.60 Å². The molecule has 0 radical (unpaired) electrons. The van der Waals surface area contributed by atoms with Crippen LogP contribution in [0.2, 0.25) is 0 Å². The van der Waals surface area contributed by atoms with E-state index in [1.165, 1.54) is 57.8 Å². The number of hydrogen-bond acceptors (Lipinski definition) is 4. The average Bonchev–Trinajstić information content (AvgIpc) is 2.65. The predicted molar refractivity (Wildman–Crippen MR) is 114 cm³/mol. The minimum absolute atomic E-state index is 0.175. The van der Waals surface area contributed by atoms with Crippen LogP contribution in [-0.2, 0) is 9.30 Å². The minimum Gasteiger partial charge on any atom is -0.394 e. The molecule has 0 aromatic rings. The Morgan fingerprint density at radius 3 is 1.75 bits per heavy atom. The van der Waals surface area contributed by atoms with Crippen LogP contribution in [-0.4, -0.2) is 45.2 Å². The molecule has 0 saturated carbocycles. The summed E-state index contributed by atoms with van der Waals surface area (Å²) >= 11 is 0. The smallest absolute Gasteiger partial charge is 0.356 e. The second-order valence-corrected chi connectivity index (χ2v) is 9.23. The molecule has 0 aromatic heterocycles. The summed E-state index contributed by atoms with van der Waals surface area (Å²) < 4.78 is 16.3. The largest absolute Gasteiger partial charge is 0.394 e. The van der Waals surface area contributed by atoms with Crippen molar-refractivity contribution in [2.75, 3.05) is 13.2 Å². The Balaban J connectivity index is 3.46. The lowest BCUT2D eigenvalue weighted by Gasteiger charge is -2.22. The number of ether oxygens (including phenoxy) is 1. The first kappa shape index (κ1) is 27.8. The summed E-state index contributed by atoms with van der Waals surface area (Å²) in [7, 11) is -4.58. The van der Waals surface area contributed by atoms with Gasteiger partial charge < -0.3 is 24.7 Å². The molecule has 0 bridgehead atoms. The number of unbranched alkanes of at least 4 members (excludes halogenated alkanes) is 12. The first-order valence-electron chi connectivity index (χ1n) is 11.0. The molecule has 2 atom stereocenters. The van der Waals surface area contributed by atoms with E-state index in [1.807, 2.05) is 0 Å². The lowest BCUT2D eigenvalue weighted by molar-refractivity contribution is -0.0291. The van der Waals surface area contributed by atoms with Crippen molar-refractivity contribution in [3.05, 3.63) is 12.2 Å². The van der Waals surface area contributed by atoms with Crippen molar-refractivity contribution in [1.82, 2.24) is 0 Å². The fourth-order valence-corrected chi connectivity index (χ4v) is 3.92. The van der Waals surface area contributed by atoms with Gasteiger partial charge in [0.15, 0.2) is 5.85 Å². The summed E-state index contributed by atoms with van der Waals surface area (Å²) in [6.45, 7) is 1.69. The SMILES string of the molecule is CCCCCCCC/C=C\CCCCCCCCOC([C@@H](O)CO)P(=O)(O)O. The van der Waals surface area contributed by atoms with Crippen molar-refractivity contribution in [3.63, 3.8) is 0 Å². The molecule has 6 nitrogen and oxygen atoms in total. The third-order valence-corrected chi connectivity index (χ3v) is 5.95. The van der Waals surface area contributed by atoms with E-state index in [0.717, 1.165) is 25.7 Å². The Bertz CT molecular complexity index is 410. The molecule has 0 fully saturated rings. The highest BCUT2D eigenvalue weighted by Crippen LogP contribution is 2.43. The van der Waals surface area contributed by atoms with Gasteiger partial charge in [-0.1, -0.05) is 76.9 Å². The molecular formula is C21H43O6P. The highest BCUT2D eigenvalue weighted by atomic mass is 31.2. The van der Waals surface area contributed by atoms with E-state index in [9.17, 15) is 9.67 Å². The quantitative estimate of drug-likeness (QED) is 0.126. The summed E-state index contributed by atoms with van der Waals surface area (Å²) in [6.07, 6.45) is 19.7. The molecule has 0 aliphatic rings. The number of aliphatic hydroxyl groups is 2. The molecule has 0 spiro atoms. The van der Waals surface area contributed by atoms with Crippen LogP contribution in [0.5, 0.6) is 0 Å². The lowest BCUT2D eigenvalue weighted by atomic mass is 10.1. The molecular weight excluding hydrogens is 379 g/mol. The highest BCUT2D eigenvalue weighted by molar-refractivity contribution is 7.52. The van der Waals surface area contributed by atoms with E-state index in [1.54, 1.807) is 0 Å². The van der Waals surface area contributed by atoms with Gasteiger partial charge in [-0.3, -0.25) is 4.57 Å². The topological polar surface area (TPSA) is 107 Å². The lowest BCUT2D eigenvalue weighted by Crippen LogP contribution is -2.32. The van der Waals surface area contributed by atoms with E-state index >= 15 is 0 Å². The van der Waals surface area contributed by atoms with E-state index in [4.69, 9.17) is 19.6 Å². The summed E-state index contributed by atoms with van der Waals surface area (Å²) in [5.74, 6) is -1.64. The van der Waals surface area contributed by atoms with E-state index < -0.39 is 26.2 Å². The Kier molecular flexibility index (Phi) is 18.6. The van der Waals surface area contributed by atoms with Crippen molar-refractivity contribution in [3.8, 4) is 0 Å². The molecule has 4 N–H and O–H groups in total. The van der Waals surface area contributed by atoms with Crippen LogP contribution < -0.4 is 0 Å². The first-order chi connectivity index (χ1) is 13.4. The molecule has 0 amide bonds. The zero-order chi connectivity index (χ0) is 21.1. The maximum atomic E-state index is 11.2. The maximum Gasteiger partial charge on any atom is 0.356 e. The summed E-state index contributed by atoms with van der Waals surface area (Å²) in [6, 6.07) is 0. The fourth-order valence-electron chi connectivity index (χ4n) is 3.08. The van der Waals surface area contributed by atoms with Gasteiger partial charge in [-0.25, -0.2) is 0 Å². The third kappa shape index (κ3) is 16.7. The van der Waals surface area contributed by atoms with Crippen molar-refractivity contribution >= 4 is 7.60 Å². The second kappa shape index (κ2) is 18.8. The van der Waals surface area contributed by atoms with Crippen LogP contribution in [0.15, 0.2) is 12.2 Å². The molecule has 0 aromatic carbocycles. The fraction of sp³-hybridized carbons (Fsp3) is 0.905. The number of allylic oxidation sites excluding steroid dienone is 2. The molecule has 28 heavy (non-hydrogen) atoms. The van der Waals surface area contributed by atoms with Crippen LogP contribution in [0.4, 0.5) is 0 Å². The Morgan fingerprint density at radius 2 is 1.29 bits per heavy atom. The monoisotopic (exact) mass is 422 g/mol. The van der Waals surface area contributed by atoms with Crippen molar-refractivity contribution in [2.24, 2.45) is 0 Å². The molecule has 0 aliphatic heterocycles. The molecule has 1 unspecified atom stereocenters. The summed E-state index contributed by atoms with van der Waals surface area (Å²) in [4.78, 5) is 18.2. The number of aliphatic hydroxyl groups excluding tert-OH is 2. The third-order valence-electron chi connectivity index (χ3n) is 4.79. The molecule has 0 heterocycles. The standard InChI is InChI=1S/C21H43O6P/c1-2-3-4-5-6-7-8-9-10-11-12-13-14-15-16-17-18-27-21(20(23)19-22)28(24,25)26/h9-10,20-23H,2-8,11-19H2,1H3,(H2,24,25,26)/b10-9-/t20-,21?/m0/s1. The Labute approximate surface area is 171 Å². The van der Waals surface area contributed by atoms with Gasteiger partial charge in [0.1, 0.15) is 6.10 Å². The molecule has 0 aliphatic carbocycles. The van der Waals surface area contributed by atoms with Gasteiger partial charge in [-0.05, 0) is 32.1 Å². The summed E-state index contributed by atoms with van der Waals surface area (Å²) in [5.41, 5.74) is 0. The average molecular weight is 423 g/mol. The van der Waals surface area contributed by atoms with Gasteiger partial charge in [0.2, 0.25) is 0 Å². The van der Waals surface area contributed by atoms with Crippen LogP contribution >= 0.6 is 7.60 Å². The normalized spacial score (nSPS) is 14.6. The molecule has 0 rings (SSSR count). The first-order valence-corrected chi connectivity index (χ1v) is 12.7. The van der Waals surface area contributed by atoms with E-state index in [-0.39, 0.29) is 6.61 Å². The van der Waals surface area contributed by atoms with Gasteiger partial charge in [-0.15, -0.1) is 0 Å². The van der Waals surface area contributed by atoms with E-state index in [0.29, 0.717) is 6.42 Å². The van der Waals surface area contributed by atoms with Crippen LogP contribution in [0.3, 0.4) is 0 Å². The molecule has 168 valence electrons. The van der Waals surface area contributed by atoms with Gasteiger partial charge in [0.25, 0.3) is 0 Å². The van der Waals surface area contributed by atoms with Crippen LogP contribution in [0.25, 0.3) is 0 Å². The van der Waals surface area contributed by atoms with Crippen molar-refractivity contribution in [1.29, 1.82) is 0 Å². The van der Waals surface area contributed by atoms with Crippen LogP contribution in [0.1, 0.15) is 96.8 Å². The zero-order valence-corrected chi connectivity index (χ0v) is 18.6. The minimum atomic E-state index is -4.58. The second-order valence-electron chi connectivity index (χ2n) is 7.54. The van der Waals surface area contributed by atoms with Crippen molar-refractivity contribution in [2.45, 2.75) is 109 Å². The highest BCUT2D eigenvalue weighted by Gasteiger charge is 2.35. The predicted octanol–water partition coefficient (Wildman–Crippen LogP) is 4.90. The maximum absolute atomic E-state index is 11.2. The van der Waals surface area contributed by atoms with Gasteiger partial charge in [0, 0.05) is 6.61 Å². The van der Waals surface area contributed by atoms with Crippen molar-refractivity contribution < 1.29 is 29.3 Å². The molecule has 7 heteroatoms. The van der Waals surface area contributed by atoms with E-state index in [2.05, 4.69) is 19.1 Å². The summed E-state index contributed by atoms with van der Waals surface area (Å²) in [5, 5.41) is 18.2. The van der Waals surface area contributed by atoms with Gasteiger partial charge in [-0.2, -0.15) is 0 Å². The number of hydrogen-bond donors (Lipinski definition) is 4. The zero-order valence-electron chi connectivity index (χ0n) is 17.7. The van der Waals surface area contributed by atoms with Crippen LogP contribution in [0, 0.1) is 0 Å².